The highest BCUT2D eigenvalue weighted by Crippen LogP contribution is 2.30. The van der Waals surface area contributed by atoms with Gasteiger partial charge in [0.2, 0.25) is 0 Å². The molecular weight excluding hydrogens is 246 g/mol. The van der Waals surface area contributed by atoms with Crippen molar-refractivity contribution in [3.63, 3.8) is 0 Å². The molecule has 0 bridgehead atoms. The molecule has 0 aromatic heterocycles. The maximum atomic E-state index is 11.7. The summed E-state index contributed by atoms with van der Waals surface area (Å²) in [6.45, 7) is 7.67. The Hall–Kier alpha value is -1.52. The number of amides is 1. The summed E-state index contributed by atoms with van der Waals surface area (Å²) in [6, 6.07) is 0. The topological polar surface area (TPSA) is 64.6 Å². The Morgan fingerprint density at radius 2 is 1.95 bits per heavy atom. The largest absolute Gasteiger partial charge is 0.466 e. The Labute approximate surface area is 114 Å². The summed E-state index contributed by atoms with van der Waals surface area (Å²) >= 11 is 0. The third-order valence-electron chi connectivity index (χ3n) is 2.88. The van der Waals surface area contributed by atoms with Crippen LogP contribution in [0.3, 0.4) is 0 Å². The summed E-state index contributed by atoms with van der Waals surface area (Å²) in [5, 5.41) is 2.71. The zero-order chi connectivity index (χ0) is 14.6. The van der Waals surface area contributed by atoms with Crippen LogP contribution in [0.2, 0.25) is 0 Å². The van der Waals surface area contributed by atoms with Crippen LogP contribution in [0.1, 0.15) is 47.0 Å². The van der Waals surface area contributed by atoms with Crippen LogP contribution < -0.4 is 5.32 Å². The van der Waals surface area contributed by atoms with Crippen LogP contribution in [0.4, 0.5) is 4.79 Å². The number of carbonyl (C=O) groups is 2. The van der Waals surface area contributed by atoms with Gasteiger partial charge in [-0.1, -0.05) is 6.92 Å². The van der Waals surface area contributed by atoms with E-state index in [1.54, 1.807) is 0 Å². The number of methoxy groups -OCH3 is 1. The second-order valence-electron chi connectivity index (χ2n) is 6.01. The highest BCUT2D eigenvalue weighted by Gasteiger charge is 2.27. The van der Waals surface area contributed by atoms with Gasteiger partial charge in [0, 0.05) is 12.0 Å². The molecule has 19 heavy (non-hydrogen) atoms. The summed E-state index contributed by atoms with van der Waals surface area (Å²) in [4.78, 5) is 23.4. The molecule has 1 aliphatic rings. The number of carbonyl (C=O) groups excluding carboxylic acids is 2. The normalized spacial score (nSPS) is 19.9. The second-order valence-corrected chi connectivity index (χ2v) is 6.01. The molecule has 1 amide bonds. The zero-order valence-corrected chi connectivity index (χ0v) is 12.3. The predicted molar refractivity (Wildman–Crippen MR) is 71.4 cm³/mol. The van der Waals surface area contributed by atoms with Gasteiger partial charge in [0.05, 0.1) is 12.7 Å². The Morgan fingerprint density at radius 3 is 2.47 bits per heavy atom. The second kappa shape index (κ2) is 6.08. The average molecular weight is 269 g/mol. The minimum Gasteiger partial charge on any atom is -0.466 e. The highest BCUT2D eigenvalue weighted by atomic mass is 16.6. The van der Waals surface area contributed by atoms with Gasteiger partial charge in [0.25, 0.3) is 0 Å². The van der Waals surface area contributed by atoms with Gasteiger partial charge >= 0.3 is 12.1 Å². The van der Waals surface area contributed by atoms with Crippen LogP contribution in [0, 0.1) is 5.92 Å². The Bertz CT molecular complexity index is 393. The maximum absolute atomic E-state index is 11.7. The Kier molecular flexibility index (Phi) is 4.97. The first-order valence-corrected chi connectivity index (χ1v) is 6.53. The van der Waals surface area contributed by atoms with E-state index in [0.717, 1.165) is 6.42 Å². The minimum atomic E-state index is -0.529. The molecule has 1 atom stereocenters. The Balaban J connectivity index is 2.82. The third-order valence-corrected chi connectivity index (χ3v) is 2.88. The average Bonchev–Trinajstić information content (AvgIpc) is 2.28. The molecule has 0 saturated heterocycles. The molecule has 1 aliphatic carbocycles. The number of allylic oxidation sites excluding steroid dienone is 1. The first kappa shape index (κ1) is 15.5. The van der Waals surface area contributed by atoms with Gasteiger partial charge in [0.1, 0.15) is 5.76 Å². The molecule has 0 radical (unpaired) electrons. The van der Waals surface area contributed by atoms with E-state index in [1.165, 1.54) is 7.11 Å². The molecule has 1 unspecified atom stereocenters. The molecule has 1 rings (SSSR count). The Morgan fingerprint density at radius 1 is 1.32 bits per heavy atom. The van der Waals surface area contributed by atoms with Crippen LogP contribution in [0.15, 0.2) is 11.3 Å². The van der Waals surface area contributed by atoms with Crippen molar-refractivity contribution >= 4 is 12.1 Å². The van der Waals surface area contributed by atoms with Crippen LogP contribution in [-0.2, 0) is 14.3 Å². The van der Waals surface area contributed by atoms with Crippen molar-refractivity contribution in [3.8, 4) is 0 Å². The molecule has 0 saturated carbocycles. The summed E-state index contributed by atoms with van der Waals surface area (Å²) in [5.41, 5.74) is 0.107. The van der Waals surface area contributed by atoms with Crippen molar-refractivity contribution < 1.29 is 19.1 Å². The SMILES string of the molecule is COC(=O)C1=C(OC(=O)NC(C)(C)C)CCC(C)C1. The monoisotopic (exact) mass is 269 g/mol. The van der Waals surface area contributed by atoms with Crippen molar-refractivity contribution in [2.75, 3.05) is 7.11 Å². The van der Waals surface area contributed by atoms with Gasteiger partial charge in [-0.15, -0.1) is 0 Å². The molecule has 0 aromatic carbocycles. The van der Waals surface area contributed by atoms with Crippen LogP contribution in [-0.4, -0.2) is 24.7 Å². The quantitative estimate of drug-likeness (QED) is 0.783. The number of alkyl carbamates (subject to hydrolysis) is 1. The first-order chi connectivity index (χ1) is 8.73. The molecule has 0 fully saturated rings. The standard InChI is InChI=1S/C14H23NO4/c1-9-6-7-11(10(8-9)12(16)18-5)19-13(17)15-14(2,3)4/h9H,6-8H2,1-5H3,(H,15,17). The fourth-order valence-corrected chi connectivity index (χ4v) is 1.97. The van der Waals surface area contributed by atoms with Crippen LogP contribution in [0.5, 0.6) is 0 Å². The number of nitrogens with one attached hydrogen (secondary N) is 1. The first-order valence-electron chi connectivity index (χ1n) is 6.53. The van der Waals surface area contributed by atoms with Gasteiger partial charge in [-0.05, 0) is 39.5 Å². The molecule has 0 heterocycles. The van der Waals surface area contributed by atoms with Gasteiger partial charge < -0.3 is 14.8 Å². The van der Waals surface area contributed by atoms with E-state index in [9.17, 15) is 9.59 Å². The molecule has 5 nitrogen and oxygen atoms in total. The number of ether oxygens (including phenoxy) is 2. The number of hydrogen-bond acceptors (Lipinski definition) is 4. The fourth-order valence-electron chi connectivity index (χ4n) is 1.97. The summed E-state index contributed by atoms with van der Waals surface area (Å²) in [7, 11) is 1.33. The fraction of sp³-hybridized carbons (Fsp3) is 0.714. The summed E-state index contributed by atoms with van der Waals surface area (Å²) < 4.78 is 10.0. The van der Waals surface area contributed by atoms with Crippen molar-refractivity contribution in [1.82, 2.24) is 5.32 Å². The zero-order valence-electron chi connectivity index (χ0n) is 12.3. The number of hydrogen-bond donors (Lipinski definition) is 1. The molecule has 0 spiro atoms. The van der Waals surface area contributed by atoms with E-state index in [0.29, 0.717) is 30.1 Å². The van der Waals surface area contributed by atoms with E-state index < -0.39 is 12.1 Å². The maximum Gasteiger partial charge on any atom is 0.412 e. The van der Waals surface area contributed by atoms with E-state index >= 15 is 0 Å². The lowest BCUT2D eigenvalue weighted by Crippen LogP contribution is -2.41. The van der Waals surface area contributed by atoms with Crippen molar-refractivity contribution in [2.24, 2.45) is 5.92 Å². The van der Waals surface area contributed by atoms with E-state index in [2.05, 4.69) is 12.2 Å². The van der Waals surface area contributed by atoms with E-state index in [4.69, 9.17) is 9.47 Å². The van der Waals surface area contributed by atoms with Crippen LogP contribution in [0.25, 0.3) is 0 Å². The van der Waals surface area contributed by atoms with E-state index in [1.807, 2.05) is 20.8 Å². The van der Waals surface area contributed by atoms with Gasteiger partial charge in [-0.3, -0.25) is 0 Å². The van der Waals surface area contributed by atoms with Crippen molar-refractivity contribution in [1.29, 1.82) is 0 Å². The minimum absolute atomic E-state index is 0.370. The lowest BCUT2D eigenvalue weighted by Gasteiger charge is -2.25. The summed E-state index contributed by atoms with van der Waals surface area (Å²) in [5.74, 6) is 0.420. The van der Waals surface area contributed by atoms with Crippen molar-refractivity contribution in [3.05, 3.63) is 11.3 Å². The predicted octanol–water partition coefficient (Wildman–Crippen LogP) is 2.76. The van der Waals surface area contributed by atoms with E-state index in [-0.39, 0.29) is 5.54 Å². The molecular formula is C14H23NO4. The molecule has 5 heteroatoms. The number of esters is 1. The third kappa shape index (κ3) is 4.93. The smallest absolute Gasteiger partial charge is 0.412 e. The van der Waals surface area contributed by atoms with Gasteiger partial charge in [0.15, 0.2) is 0 Å². The molecule has 0 aliphatic heterocycles. The lowest BCUT2D eigenvalue weighted by molar-refractivity contribution is -0.136. The molecule has 1 N–H and O–H groups in total. The molecule has 108 valence electrons. The van der Waals surface area contributed by atoms with Gasteiger partial charge in [-0.25, -0.2) is 9.59 Å². The highest BCUT2D eigenvalue weighted by molar-refractivity contribution is 5.89. The number of rotatable bonds is 2. The van der Waals surface area contributed by atoms with Crippen molar-refractivity contribution in [2.45, 2.75) is 52.5 Å². The summed E-state index contributed by atoms with van der Waals surface area (Å²) in [6.07, 6.45) is 1.55. The van der Waals surface area contributed by atoms with Gasteiger partial charge in [-0.2, -0.15) is 0 Å². The van der Waals surface area contributed by atoms with Crippen LogP contribution >= 0.6 is 0 Å². The molecule has 0 aromatic rings. The lowest BCUT2D eigenvalue weighted by atomic mass is 9.89.